The molecule has 6 heteroatoms. The number of piperidine rings is 1. The molecular weight excluding hydrogens is 302 g/mol. The molecule has 1 fully saturated rings. The number of para-hydroxylation sites is 1. The van der Waals surface area contributed by atoms with Gasteiger partial charge in [-0.05, 0) is 44.0 Å². The van der Waals surface area contributed by atoms with Crippen molar-refractivity contribution in [2.45, 2.75) is 25.8 Å². The molecule has 4 rings (SSSR count). The highest BCUT2D eigenvalue weighted by Crippen LogP contribution is 2.31. The van der Waals surface area contributed by atoms with Crippen LogP contribution in [0.15, 0.2) is 30.6 Å². The predicted molar refractivity (Wildman–Crippen MR) is 91.5 cm³/mol. The molecule has 1 amide bonds. The van der Waals surface area contributed by atoms with Gasteiger partial charge in [0.2, 0.25) is 5.91 Å². The van der Waals surface area contributed by atoms with E-state index in [-0.39, 0.29) is 5.92 Å². The second-order valence-corrected chi connectivity index (χ2v) is 6.72. The molecule has 1 aromatic heterocycles. The van der Waals surface area contributed by atoms with Crippen LogP contribution < -0.4 is 4.90 Å². The molecule has 126 valence electrons. The molecule has 2 aromatic rings. The van der Waals surface area contributed by atoms with Crippen LogP contribution >= 0.6 is 0 Å². The lowest BCUT2D eigenvalue weighted by molar-refractivity contribution is -0.123. The minimum absolute atomic E-state index is 0.145. The van der Waals surface area contributed by atoms with Gasteiger partial charge in [0, 0.05) is 25.2 Å². The first-order chi connectivity index (χ1) is 11.7. The van der Waals surface area contributed by atoms with Gasteiger partial charge in [-0.3, -0.25) is 14.4 Å². The number of hydrogen-bond acceptors (Lipinski definition) is 4. The third-order valence-electron chi connectivity index (χ3n) is 5.26. The van der Waals surface area contributed by atoms with Crippen molar-refractivity contribution in [1.29, 1.82) is 0 Å². The SMILES string of the molecule is Cn1ncnc1CN1CCC(C(=O)N2CCc3ccccc32)CC1. The van der Waals surface area contributed by atoms with Crippen LogP contribution in [0.1, 0.15) is 24.2 Å². The summed E-state index contributed by atoms with van der Waals surface area (Å²) >= 11 is 0. The van der Waals surface area contributed by atoms with Crippen molar-refractivity contribution in [2.75, 3.05) is 24.5 Å². The molecule has 0 bridgehead atoms. The maximum atomic E-state index is 12.9. The zero-order valence-corrected chi connectivity index (χ0v) is 14.1. The average Bonchev–Trinajstić information content (AvgIpc) is 3.21. The Balaban J connectivity index is 1.36. The smallest absolute Gasteiger partial charge is 0.230 e. The van der Waals surface area contributed by atoms with E-state index in [9.17, 15) is 4.79 Å². The van der Waals surface area contributed by atoms with Crippen molar-refractivity contribution in [1.82, 2.24) is 19.7 Å². The van der Waals surface area contributed by atoms with Gasteiger partial charge in [0.15, 0.2) is 0 Å². The molecule has 0 N–H and O–H groups in total. The van der Waals surface area contributed by atoms with E-state index in [1.807, 2.05) is 22.7 Å². The fourth-order valence-corrected chi connectivity index (χ4v) is 3.79. The average molecular weight is 325 g/mol. The molecular formula is C18H23N5O. The van der Waals surface area contributed by atoms with Gasteiger partial charge in [0.25, 0.3) is 0 Å². The van der Waals surface area contributed by atoms with Gasteiger partial charge in [-0.25, -0.2) is 4.98 Å². The number of anilines is 1. The van der Waals surface area contributed by atoms with Crippen LogP contribution in [0.25, 0.3) is 0 Å². The number of aryl methyl sites for hydroxylation is 1. The second-order valence-electron chi connectivity index (χ2n) is 6.72. The van der Waals surface area contributed by atoms with E-state index < -0.39 is 0 Å². The number of fused-ring (bicyclic) bond motifs is 1. The summed E-state index contributed by atoms with van der Waals surface area (Å²) in [6.45, 7) is 3.53. The van der Waals surface area contributed by atoms with Crippen molar-refractivity contribution in [3.8, 4) is 0 Å². The van der Waals surface area contributed by atoms with Gasteiger partial charge in [-0.2, -0.15) is 5.10 Å². The van der Waals surface area contributed by atoms with E-state index in [0.717, 1.165) is 57.0 Å². The van der Waals surface area contributed by atoms with Crippen LogP contribution in [0.4, 0.5) is 5.69 Å². The van der Waals surface area contributed by atoms with E-state index in [0.29, 0.717) is 5.91 Å². The standard InChI is InChI=1S/C18H23N5O/c1-21-17(19-13-20-21)12-22-9-6-15(7-10-22)18(24)23-11-8-14-4-2-3-5-16(14)23/h2-5,13,15H,6-12H2,1H3. The van der Waals surface area contributed by atoms with Crippen molar-refractivity contribution in [3.63, 3.8) is 0 Å². The number of carbonyl (C=O) groups is 1. The molecule has 2 aliphatic heterocycles. The van der Waals surface area contributed by atoms with E-state index in [1.54, 1.807) is 6.33 Å². The number of benzene rings is 1. The van der Waals surface area contributed by atoms with E-state index >= 15 is 0 Å². The molecule has 0 radical (unpaired) electrons. The van der Waals surface area contributed by atoms with Crippen molar-refractivity contribution in [3.05, 3.63) is 42.0 Å². The monoisotopic (exact) mass is 325 g/mol. The van der Waals surface area contributed by atoms with E-state index in [1.165, 1.54) is 5.56 Å². The first-order valence-electron chi connectivity index (χ1n) is 8.67. The molecule has 0 saturated carbocycles. The van der Waals surface area contributed by atoms with E-state index in [4.69, 9.17) is 0 Å². The molecule has 1 aromatic carbocycles. The van der Waals surface area contributed by atoms with E-state index in [2.05, 4.69) is 33.2 Å². The zero-order chi connectivity index (χ0) is 16.5. The zero-order valence-electron chi connectivity index (χ0n) is 14.1. The maximum Gasteiger partial charge on any atom is 0.230 e. The highest BCUT2D eigenvalue weighted by molar-refractivity contribution is 5.97. The van der Waals surface area contributed by atoms with Gasteiger partial charge < -0.3 is 4.90 Å². The number of aromatic nitrogens is 3. The minimum Gasteiger partial charge on any atom is -0.312 e. The quantitative estimate of drug-likeness (QED) is 0.860. The minimum atomic E-state index is 0.145. The topological polar surface area (TPSA) is 54.3 Å². The van der Waals surface area contributed by atoms with Gasteiger partial charge >= 0.3 is 0 Å². The summed E-state index contributed by atoms with van der Waals surface area (Å²) in [6, 6.07) is 8.28. The van der Waals surface area contributed by atoms with Crippen LogP contribution in [0.5, 0.6) is 0 Å². The summed E-state index contributed by atoms with van der Waals surface area (Å²) in [7, 11) is 1.92. The maximum absolute atomic E-state index is 12.9. The third-order valence-corrected chi connectivity index (χ3v) is 5.26. The molecule has 0 aliphatic carbocycles. The number of rotatable bonds is 3. The Hall–Kier alpha value is -2.21. The third kappa shape index (κ3) is 2.82. The fraction of sp³-hybridized carbons (Fsp3) is 0.500. The van der Waals surface area contributed by atoms with Crippen LogP contribution in [-0.4, -0.2) is 45.2 Å². The highest BCUT2D eigenvalue weighted by atomic mass is 16.2. The van der Waals surface area contributed by atoms with Crippen molar-refractivity contribution >= 4 is 11.6 Å². The summed E-state index contributed by atoms with van der Waals surface area (Å²) < 4.78 is 1.82. The Labute approximate surface area is 142 Å². The van der Waals surface area contributed by atoms with Crippen molar-refractivity contribution in [2.24, 2.45) is 13.0 Å². The summed E-state index contributed by atoms with van der Waals surface area (Å²) in [5.41, 5.74) is 2.41. The molecule has 3 heterocycles. The Morgan fingerprint density at radius 3 is 2.75 bits per heavy atom. The normalized spacial score (nSPS) is 18.8. The molecule has 2 aliphatic rings. The Morgan fingerprint density at radius 1 is 1.21 bits per heavy atom. The number of carbonyl (C=O) groups excluding carboxylic acids is 1. The molecule has 0 atom stereocenters. The molecule has 1 saturated heterocycles. The Morgan fingerprint density at radius 2 is 2.00 bits per heavy atom. The number of amides is 1. The summed E-state index contributed by atoms with van der Waals surface area (Å²) in [5.74, 6) is 1.43. The fourth-order valence-electron chi connectivity index (χ4n) is 3.79. The molecule has 0 unspecified atom stereocenters. The molecule has 24 heavy (non-hydrogen) atoms. The van der Waals surface area contributed by atoms with Gasteiger partial charge in [0.05, 0.1) is 6.54 Å². The van der Waals surface area contributed by atoms with Crippen LogP contribution in [0.2, 0.25) is 0 Å². The van der Waals surface area contributed by atoms with Crippen LogP contribution in [0.3, 0.4) is 0 Å². The lowest BCUT2D eigenvalue weighted by Gasteiger charge is -2.33. The van der Waals surface area contributed by atoms with Gasteiger partial charge in [0.1, 0.15) is 12.2 Å². The first-order valence-corrected chi connectivity index (χ1v) is 8.67. The lowest BCUT2D eigenvalue weighted by atomic mass is 9.95. The second kappa shape index (κ2) is 6.36. The summed E-state index contributed by atoms with van der Waals surface area (Å²) in [6.07, 6.45) is 4.42. The largest absolute Gasteiger partial charge is 0.312 e. The van der Waals surface area contributed by atoms with Crippen LogP contribution in [-0.2, 0) is 24.8 Å². The predicted octanol–water partition coefficient (Wildman–Crippen LogP) is 1.62. The number of nitrogens with zero attached hydrogens (tertiary/aromatic N) is 5. The summed E-state index contributed by atoms with van der Waals surface area (Å²) in [4.78, 5) is 21.6. The number of hydrogen-bond donors (Lipinski definition) is 0. The number of likely N-dealkylation sites (tertiary alicyclic amines) is 1. The van der Waals surface area contributed by atoms with Gasteiger partial charge in [-0.15, -0.1) is 0 Å². The van der Waals surface area contributed by atoms with Crippen LogP contribution in [0, 0.1) is 5.92 Å². The lowest BCUT2D eigenvalue weighted by Crippen LogP contribution is -2.42. The Kier molecular flexibility index (Phi) is 4.06. The van der Waals surface area contributed by atoms with Gasteiger partial charge in [-0.1, -0.05) is 18.2 Å². The Bertz CT molecular complexity index is 733. The summed E-state index contributed by atoms with van der Waals surface area (Å²) in [5, 5.41) is 4.12. The highest BCUT2D eigenvalue weighted by Gasteiger charge is 2.32. The molecule has 6 nitrogen and oxygen atoms in total. The first kappa shape index (κ1) is 15.3. The van der Waals surface area contributed by atoms with Crippen molar-refractivity contribution < 1.29 is 4.79 Å². The molecule has 0 spiro atoms.